The number of anilines is 1. The average Bonchev–Trinajstić information content (AvgIpc) is 3.16. The molecule has 0 radical (unpaired) electrons. The fourth-order valence-electron chi connectivity index (χ4n) is 3.12. The first kappa shape index (κ1) is 24.9. The third-order valence-electron chi connectivity index (χ3n) is 4.85. The molecule has 0 aliphatic carbocycles. The summed E-state index contributed by atoms with van der Waals surface area (Å²) >= 11 is 0. The van der Waals surface area contributed by atoms with Gasteiger partial charge < -0.3 is 25.6 Å². The number of benzene rings is 1. The van der Waals surface area contributed by atoms with Gasteiger partial charge in [-0.3, -0.25) is 9.36 Å². The Kier molecular flexibility index (Phi) is 7.68. The van der Waals surface area contributed by atoms with Gasteiger partial charge in [0.2, 0.25) is 0 Å². The number of aliphatic hydroxyl groups is 1. The first-order chi connectivity index (χ1) is 16.1. The highest BCUT2D eigenvalue weighted by molar-refractivity contribution is 5.89. The van der Waals surface area contributed by atoms with Gasteiger partial charge in [-0.2, -0.15) is 18.2 Å². The van der Waals surface area contributed by atoms with E-state index in [9.17, 15) is 32.7 Å². The van der Waals surface area contributed by atoms with Crippen molar-refractivity contribution in [1.82, 2.24) is 14.9 Å². The van der Waals surface area contributed by atoms with Crippen LogP contribution in [0.3, 0.4) is 0 Å². The Morgan fingerprint density at radius 2 is 2.03 bits per heavy atom. The number of hydrogen-bond donors (Lipinski definition) is 3. The maximum atomic E-state index is 12.3. The van der Waals surface area contributed by atoms with Gasteiger partial charge in [-0.1, -0.05) is 30.4 Å². The highest BCUT2D eigenvalue weighted by Crippen LogP contribution is 2.28. The lowest BCUT2D eigenvalue weighted by molar-refractivity contribution is -0.173. The van der Waals surface area contributed by atoms with Crippen LogP contribution >= 0.6 is 0 Å². The summed E-state index contributed by atoms with van der Waals surface area (Å²) in [5.74, 6) is -2.89. The molecule has 0 spiro atoms. The van der Waals surface area contributed by atoms with Crippen molar-refractivity contribution >= 4 is 23.8 Å². The van der Waals surface area contributed by atoms with E-state index in [-0.39, 0.29) is 24.4 Å². The number of carbonyl (C=O) groups is 2. The van der Waals surface area contributed by atoms with Crippen molar-refractivity contribution in [3.8, 4) is 0 Å². The van der Waals surface area contributed by atoms with Crippen molar-refractivity contribution in [3.05, 3.63) is 64.2 Å². The second-order valence-corrected chi connectivity index (χ2v) is 7.28. The fourth-order valence-corrected chi connectivity index (χ4v) is 3.12. The monoisotopic (exact) mass is 482 g/mol. The number of nitrogen functional groups attached to an aromatic ring is 1. The molecule has 1 fully saturated rings. The van der Waals surface area contributed by atoms with Crippen molar-refractivity contribution < 1.29 is 37.3 Å². The van der Waals surface area contributed by atoms with E-state index in [0.29, 0.717) is 5.56 Å². The van der Waals surface area contributed by atoms with Gasteiger partial charge in [-0.25, -0.2) is 9.59 Å². The van der Waals surface area contributed by atoms with Crippen LogP contribution < -0.4 is 16.7 Å². The molecule has 2 aromatic rings. The number of nitrogens with one attached hydrogen (secondary N) is 1. The molecule has 1 amide bonds. The van der Waals surface area contributed by atoms with Crippen LogP contribution in [0.5, 0.6) is 0 Å². The summed E-state index contributed by atoms with van der Waals surface area (Å²) in [6.45, 7) is -0.696. The van der Waals surface area contributed by atoms with Gasteiger partial charge >= 0.3 is 23.7 Å². The Morgan fingerprint density at radius 3 is 2.71 bits per heavy atom. The number of hydrogen-bond acceptors (Lipinski definition) is 8. The Labute approximate surface area is 190 Å². The van der Waals surface area contributed by atoms with E-state index in [0.717, 1.165) is 4.57 Å². The average molecular weight is 482 g/mol. The third kappa shape index (κ3) is 6.20. The zero-order valence-electron chi connectivity index (χ0n) is 17.6. The highest BCUT2D eigenvalue weighted by atomic mass is 19.4. The molecule has 13 heteroatoms. The first-order valence-electron chi connectivity index (χ1n) is 10.0. The maximum absolute atomic E-state index is 12.3. The predicted molar refractivity (Wildman–Crippen MR) is 112 cm³/mol. The number of esters is 1. The molecule has 3 rings (SSSR count). The van der Waals surface area contributed by atoms with Crippen LogP contribution in [-0.2, 0) is 14.3 Å². The van der Waals surface area contributed by atoms with Gasteiger partial charge in [0.15, 0.2) is 0 Å². The Morgan fingerprint density at radius 1 is 1.32 bits per heavy atom. The molecule has 0 unspecified atom stereocenters. The molecular weight excluding hydrogens is 461 g/mol. The van der Waals surface area contributed by atoms with E-state index in [2.05, 4.69) is 4.98 Å². The van der Waals surface area contributed by atoms with E-state index in [1.807, 2.05) is 0 Å². The lowest BCUT2D eigenvalue weighted by atomic mass is 10.2. The van der Waals surface area contributed by atoms with Crippen LogP contribution in [0, 0.1) is 0 Å². The van der Waals surface area contributed by atoms with E-state index >= 15 is 0 Å². The molecule has 1 aromatic carbocycles. The first-order valence-corrected chi connectivity index (χ1v) is 10.0. The number of carbonyl (C=O) groups excluding carboxylic acids is 2. The molecule has 1 aliphatic heterocycles. The molecule has 182 valence electrons. The molecule has 2 heterocycles. The van der Waals surface area contributed by atoms with Crippen molar-refractivity contribution in [2.75, 3.05) is 18.9 Å². The zero-order valence-corrected chi connectivity index (χ0v) is 17.6. The van der Waals surface area contributed by atoms with Crippen molar-refractivity contribution in [1.29, 1.82) is 0 Å². The Bertz CT molecular complexity index is 1120. The number of rotatable bonds is 7. The summed E-state index contributed by atoms with van der Waals surface area (Å²) in [5, 5.41) is 11.9. The van der Waals surface area contributed by atoms with Crippen molar-refractivity contribution in [3.63, 3.8) is 0 Å². The zero-order chi connectivity index (χ0) is 24.9. The molecule has 0 saturated carbocycles. The lowest BCUT2D eigenvalue weighted by Crippen LogP contribution is -2.36. The van der Waals surface area contributed by atoms with Crippen LogP contribution in [0.1, 0.15) is 28.6 Å². The highest BCUT2D eigenvalue weighted by Gasteiger charge is 2.38. The number of nitrogens with zero attached hydrogens (tertiary/aromatic N) is 2. The molecule has 1 aliphatic rings. The van der Waals surface area contributed by atoms with E-state index < -0.39 is 48.7 Å². The van der Waals surface area contributed by atoms with Crippen LogP contribution in [0.2, 0.25) is 0 Å². The largest absolute Gasteiger partial charge is 0.471 e. The number of aromatic nitrogens is 2. The quantitative estimate of drug-likeness (QED) is 0.496. The molecule has 10 nitrogen and oxygen atoms in total. The molecule has 4 N–H and O–H groups in total. The minimum Gasteiger partial charge on any atom is -0.459 e. The molecular formula is C21H21F3N4O6. The lowest BCUT2D eigenvalue weighted by Gasteiger charge is -2.17. The minimum absolute atomic E-state index is 0.0101. The van der Waals surface area contributed by atoms with Crippen LogP contribution in [0.25, 0.3) is 6.08 Å². The van der Waals surface area contributed by atoms with E-state index in [4.69, 9.17) is 15.2 Å². The van der Waals surface area contributed by atoms with Gasteiger partial charge in [0.25, 0.3) is 0 Å². The summed E-state index contributed by atoms with van der Waals surface area (Å²) in [5.41, 5.74) is 5.43. The Balaban J connectivity index is 1.64. The topological polar surface area (TPSA) is 146 Å². The summed E-state index contributed by atoms with van der Waals surface area (Å²) in [4.78, 5) is 38.9. The normalized spacial score (nSPS) is 20.4. The van der Waals surface area contributed by atoms with Crippen molar-refractivity contribution in [2.45, 2.75) is 31.0 Å². The molecule has 1 saturated heterocycles. The maximum Gasteiger partial charge on any atom is 0.471 e. The standard InChI is InChI=1S/C21H21F3N4O6/c22-21(23,24)19(31)26-8-4-7-13-10-28(20(32)27-17(13)25)16-9-14(29)15(34-16)11-33-18(30)12-5-2-1-3-6-12/h1-7,10,14-16,29H,8-9,11H2,(H,26,31)(H2,25,27,32)/t14-,15+,16+/m0/s1. The minimum atomic E-state index is -5.01. The van der Waals surface area contributed by atoms with Crippen LogP contribution in [0.4, 0.5) is 19.0 Å². The molecule has 3 atom stereocenters. The second kappa shape index (κ2) is 10.5. The van der Waals surface area contributed by atoms with E-state index in [1.165, 1.54) is 18.3 Å². The van der Waals surface area contributed by atoms with Gasteiger partial charge in [0.05, 0.1) is 11.7 Å². The number of ether oxygens (including phenoxy) is 2. The summed E-state index contributed by atoms with van der Waals surface area (Å²) in [7, 11) is 0. The van der Waals surface area contributed by atoms with Gasteiger partial charge in [0, 0.05) is 24.7 Å². The van der Waals surface area contributed by atoms with Crippen LogP contribution in [-0.4, -0.2) is 58.1 Å². The smallest absolute Gasteiger partial charge is 0.459 e. The predicted octanol–water partition coefficient (Wildman–Crippen LogP) is 1.02. The fraction of sp³-hybridized carbons (Fsp3) is 0.333. The SMILES string of the molecule is Nc1nc(=O)n([C@H]2C[C@H](O)[C@@H](COC(=O)c3ccccc3)O2)cc1C=CCNC(=O)C(F)(F)F. The van der Waals surface area contributed by atoms with Gasteiger partial charge in [0.1, 0.15) is 24.8 Å². The van der Waals surface area contributed by atoms with E-state index in [1.54, 1.807) is 35.6 Å². The summed E-state index contributed by atoms with van der Waals surface area (Å²) in [6.07, 6.45) is -4.18. The number of nitrogens with two attached hydrogens (primary N) is 1. The summed E-state index contributed by atoms with van der Waals surface area (Å²) < 4.78 is 48.6. The summed E-state index contributed by atoms with van der Waals surface area (Å²) in [6, 6.07) is 8.22. The van der Waals surface area contributed by atoms with Crippen LogP contribution in [0.15, 0.2) is 47.4 Å². The molecule has 34 heavy (non-hydrogen) atoms. The van der Waals surface area contributed by atoms with Gasteiger partial charge in [-0.15, -0.1) is 0 Å². The Hall–Kier alpha value is -3.71. The van der Waals surface area contributed by atoms with Gasteiger partial charge in [-0.05, 0) is 12.1 Å². The number of alkyl halides is 3. The number of aliphatic hydroxyl groups excluding tert-OH is 1. The molecule has 1 aromatic heterocycles. The van der Waals surface area contributed by atoms with Crippen molar-refractivity contribution in [2.24, 2.45) is 0 Å². The molecule has 0 bridgehead atoms. The third-order valence-corrected chi connectivity index (χ3v) is 4.85. The number of amides is 1. The number of halogens is 3. The second-order valence-electron chi connectivity index (χ2n) is 7.28.